The minimum atomic E-state index is -4.61. The van der Waals surface area contributed by atoms with Crippen LogP contribution in [0.2, 0.25) is 5.02 Å². The molecule has 3 N–H and O–H groups in total. The molecular formula is C13H12ClF3N4. The van der Waals surface area contributed by atoms with Crippen LogP contribution in [0.15, 0.2) is 18.2 Å². The number of nitrogens with one attached hydrogen (secondary N) is 1. The van der Waals surface area contributed by atoms with Crippen LogP contribution in [0.25, 0.3) is 5.69 Å². The van der Waals surface area contributed by atoms with Crippen LogP contribution in [-0.2, 0) is 6.18 Å². The number of hydrogen-bond acceptors (Lipinski definition) is 2. The molecule has 0 unspecified atom stereocenters. The Hall–Kier alpha value is -2.02. The topological polar surface area (TPSA) is 67.7 Å². The van der Waals surface area contributed by atoms with Crippen molar-refractivity contribution in [2.24, 2.45) is 5.73 Å². The van der Waals surface area contributed by atoms with Gasteiger partial charge in [0.1, 0.15) is 5.84 Å². The summed E-state index contributed by atoms with van der Waals surface area (Å²) in [6.07, 6.45) is -4.61. The van der Waals surface area contributed by atoms with Crippen LogP contribution in [0, 0.1) is 19.3 Å². The summed E-state index contributed by atoms with van der Waals surface area (Å²) in [5, 5.41) is 11.8. The van der Waals surface area contributed by atoms with Gasteiger partial charge in [0.2, 0.25) is 0 Å². The van der Waals surface area contributed by atoms with E-state index in [2.05, 4.69) is 5.10 Å². The lowest BCUT2D eigenvalue weighted by Crippen LogP contribution is -2.19. The molecule has 0 aliphatic heterocycles. The molecule has 2 aromatic rings. The van der Waals surface area contributed by atoms with Crippen LogP contribution in [0.5, 0.6) is 0 Å². The van der Waals surface area contributed by atoms with Crippen molar-refractivity contribution in [1.29, 1.82) is 5.41 Å². The number of rotatable bonds is 2. The van der Waals surface area contributed by atoms with Gasteiger partial charge in [-0.05, 0) is 32.0 Å². The second-order valence-electron chi connectivity index (χ2n) is 4.54. The summed E-state index contributed by atoms with van der Waals surface area (Å²) < 4.78 is 40.6. The number of nitrogens with zero attached hydrogens (tertiary/aromatic N) is 2. The van der Waals surface area contributed by atoms with Gasteiger partial charge in [-0.1, -0.05) is 11.6 Å². The zero-order valence-corrected chi connectivity index (χ0v) is 12.0. The maximum absolute atomic E-state index is 13.1. The molecule has 0 bridgehead atoms. The Kier molecular flexibility index (Phi) is 3.71. The smallest absolute Gasteiger partial charge is 0.384 e. The first-order valence-corrected chi connectivity index (χ1v) is 6.28. The van der Waals surface area contributed by atoms with E-state index in [1.165, 1.54) is 10.7 Å². The highest BCUT2D eigenvalue weighted by atomic mass is 35.5. The lowest BCUT2D eigenvalue weighted by Gasteiger charge is -2.14. The summed E-state index contributed by atoms with van der Waals surface area (Å²) in [6, 6.07) is 3.49. The molecule has 0 radical (unpaired) electrons. The fraction of sp³-hybridized carbons (Fsp3) is 0.231. The van der Waals surface area contributed by atoms with Crippen LogP contribution >= 0.6 is 11.6 Å². The van der Waals surface area contributed by atoms with E-state index in [0.29, 0.717) is 16.4 Å². The lowest BCUT2D eigenvalue weighted by molar-refractivity contribution is -0.137. The molecule has 1 heterocycles. The zero-order chi connectivity index (χ0) is 15.9. The molecular weight excluding hydrogens is 305 g/mol. The molecule has 0 saturated carbocycles. The van der Waals surface area contributed by atoms with E-state index < -0.39 is 17.6 Å². The molecule has 0 saturated heterocycles. The Labute approximate surface area is 123 Å². The molecule has 0 amide bonds. The summed E-state index contributed by atoms with van der Waals surface area (Å²) in [4.78, 5) is 0. The Morgan fingerprint density at radius 2 is 1.95 bits per heavy atom. The lowest BCUT2D eigenvalue weighted by atomic mass is 10.1. The maximum Gasteiger partial charge on any atom is 0.417 e. The van der Waals surface area contributed by atoms with Gasteiger partial charge >= 0.3 is 6.18 Å². The van der Waals surface area contributed by atoms with Crippen molar-refractivity contribution in [3.05, 3.63) is 45.7 Å². The number of halogens is 4. The molecule has 0 aliphatic carbocycles. The highest BCUT2D eigenvalue weighted by Crippen LogP contribution is 2.34. The van der Waals surface area contributed by atoms with E-state index in [0.717, 1.165) is 12.1 Å². The van der Waals surface area contributed by atoms with E-state index in [9.17, 15) is 13.2 Å². The van der Waals surface area contributed by atoms with Gasteiger partial charge in [-0.25, -0.2) is 4.68 Å². The average molecular weight is 317 g/mol. The number of hydrogen-bond donors (Lipinski definition) is 2. The molecule has 0 spiro atoms. The largest absolute Gasteiger partial charge is 0.417 e. The van der Waals surface area contributed by atoms with Gasteiger partial charge in [-0.3, -0.25) is 5.41 Å². The molecule has 0 atom stereocenters. The monoisotopic (exact) mass is 316 g/mol. The fourth-order valence-electron chi connectivity index (χ4n) is 2.01. The number of alkyl halides is 3. The quantitative estimate of drug-likeness (QED) is 0.658. The highest BCUT2D eigenvalue weighted by Gasteiger charge is 2.34. The number of amidine groups is 1. The Morgan fingerprint density at radius 3 is 2.38 bits per heavy atom. The summed E-state index contributed by atoms with van der Waals surface area (Å²) in [5.74, 6) is -0.639. The maximum atomic E-state index is 13.1. The van der Waals surface area contributed by atoms with E-state index in [1.807, 2.05) is 0 Å². The number of aromatic nitrogens is 2. The third-order valence-corrected chi connectivity index (χ3v) is 3.59. The molecule has 0 aliphatic rings. The second-order valence-corrected chi connectivity index (χ2v) is 4.92. The molecule has 1 aromatic carbocycles. The number of nitrogens with two attached hydrogens (primary N) is 1. The minimum absolute atomic E-state index is 0.208. The van der Waals surface area contributed by atoms with Crippen LogP contribution in [-0.4, -0.2) is 15.6 Å². The highest BCUT2D eigenvalue weighted by molar-refractivity contribution is 6.31. The van der Waals surface area contributed by atoms with Gasteiger partial charge in [-0.15, -0.1) is 0 Å². The average Bonchev–Trinajstić information content (AvgIpc) is 2.65. The van der Waals surface area contributed by atoms with Crippen LogP contribution in [0.4, 0.5) is 13.2 Å². The first kappa shape index (κ1) is 15.4. The van der Waals surface area contributed by atoms with E-state index in [1.54, 1.807) is 13.8 Å². The van der Waals surface area contributed by atoms with Crippen molar-refractivity contribution >= 4 is 17.4 Å². The summed E-state index contributed by atoms with van der Waals surface area (Å²) in [5.41, 5.74) is 5.13. The van der Waals surface area contributed by atoms with Crippen molar-refractivity contribution in [3.8, 4) is 5.69 Å². The standard InChI is InChI=1S/C13H12ClF3N4/c1-6-11(14)7(2)21(20-6)8-3-4-9(12(18)19)10(5-8)13(15,16)17/h3-5H,1-2H3,(H3,18,19). The van der Waals surface area contributed by atoms with Gasteiger partial charge in [0.05, 0.1) is 27.7 Å². The van der Waals surface area contributed by atoms with Crippen molar-refractivity contribution < 1.29 is 13.2 Å². The van der Waals surface area contributed by atoms with Crippen molar-refractivity contribution in [2.45, 2.75) is 20.0 Å². The number of aryl methyl sites for hydroxylation is 1. The SMILES string of the molecule is Cc1nn(-c2ccc(C(=N)N)c(C(F)(F)F)c2)c(C)c1Cl. The predicted molar refractivity (Wildman–Crippen MR) is 74.1 cm³/mol. The molecule has 4 nitrogen and oxygen atoms in total. The van der Waals surface area contributed by atoms with Gasteiger partial charge in [0.15, 0.2) is 0 Å². The fourth-order valence-corrected chi connectivity index (χ4v) is 2.13. The van der Waals surface area contributed by atoms with Crippen LogP contribution in [0.1, 0.15) is 22.5 Å². The summed E-state index contributed by atoms with van der Waals surface area (Å²) >= 11 is 6.00. The Morgan fingerprint density at radius 1 is 1.33 bits per heavy atom. The number of nitrogen functional groups attached to an aromatic ring is 1. The van der Waals surface area contributed by atoms with E-state index in [-0.39, 0.29) is 11.3 Å². The molecule has 8 heteroatoms. The molecule has 2 rings (SSSR count). The number of benzene rings is 1. The first-order valence-electron chi connectivity index (χ1n) is 5.90. The van der Waals surface area contributed by atoms with Gasteiger partial charge in [0.25, 0.3) is 0 Å². The third-order valence-electron chi connectivity index (χ3n) is 3.05. The Bertz CT molecular complexity index is 719. The first-order chi connectivity index (χ1) is 9.62. The second kappa shape index (κ2) is 5.07. The Balaban J connectivity index is 2.67. The summed E-state index contributed by atoms with van der Waals surface area (Å²) in [7, 11) is 0. The van der Waals surface area contributed by atoms with E-state index >= 15 is 0 Å². The minimum Gasteiger partial charge on any atom is -0.384 e. The summed E-state index contributed by atoms with van der Waals surface area (Å²) in [6.45, 7) is 3.33. The van der Waals surface area contributed by atoms with Crippen molar-refractivity contribution in [3.63, 3.8) is 0 Å². The van der Waals surface area contributed by atoms with Crippen molar-refractivity contribution in [2.75, 3.05) is 0 Å². The molecule has 112 valence electrons. The third kappa shape index (κ3) is 2.73. The van der Waals surface area contributed by atoms with Gasteiger partial charge < -0.3 is 5.73 Å². The van der Waals surface area contributed by atoms with Crippen LogP contribution < -0.4 is 5.73 Å². The zero-order valence-electron chi connectivity index (χ0n) is 11.2. The van der Waals surface area contributed by atoms with Crippen molar-refractivity contribution in [1.82, 2.24) is 9.78 Å². The predicted octanol–water partition coefficient (Wildman–Crippen LogP) is 3.45. The van der Waals surface area contributed by atoms with E-state index in [4.69, 9.17) is 22.7 Å². The molecule has 1 aromatic heterocycles. The van der Waals surface area contributed by atoms with Gasteiger partial charge in [0, 0.05) is 5.56 Å². The normalized spacial score (nSPS) is 11.7. The molecule has 21 heavy (non-hydrogen) atoms. The van der Waals surface area contributed by atoms with Gasteiger partial charge in [-0.2, -0.15) is 18.3 Å². The van der Waals surface area contributed by atoms with Crippen LogP contribution in [0.3, 0.4) is 0 Å². The molecule has 0 fully saturated rings.